The normalized spacial score (nSPS) is 10.4. The summed E-state index contributed by atoms with van der Waals surface area (Å²) in [5.41, 5.74) is 3.23. The number of ether oxygens (including phenoxy) is 1. The summed E-state index contributed by atoms with van der Waals surface area (Å²) in [7, 11) is 0. The molecule has 0 atom stereocenters. The van der Waals surface area contributed by atoms with Crippen LogP contribution in [0.3, 0.4) is 0 Å². The molecule has 0 aliphatic rings. The molecular weight excluding hydrogens is 418 g/mol. The summed E-state index contributed by atoms with van der Waals surface area (Å²) in [6.45, 7) is 0.298. The van der Waals surface area contributed by atoms with Gasteiger partial charge in [-0.1, -0.05) is 35.5 Å². The van der Waals surface area contributed by atoms with Crippen molar-refractivity contribution in [1.82, 2.24) is 15.1 Å². The summed E-state index contributed by atoms with van der Waals surface area (Å²) in [4.78, 5) is 20.9. The number of carbonyl (C=O) groups excluding carboxylic acids is 1. The van der Waals surface area contributed by atoms with E-state index in [0.29, 0.717) is 42.6 Å². The molecule has 4 rings (SSSR count). The molecule has 0 spiro atoms. The molecule has 0 aliphatic heterocycles. The third-order valence-electron chi connectivity index (χ3n) is 4.85. The van der Waals surface area contributed by atoms with Crippen molar-refractivity contribution in [1.29, 1.82) is 5.26 Å². The van der Waals surface area contributed by atoms with Crippen LogP contribution in [0.15, 0.2) is 77.6 Å². The molecule has 0 fully saturated rings. The Hall–Kier alpha value is -4.51. The van der Waals surface area contributed by atoms with Crippen LogP contribution < -0.4 is 10.1 Å². The number of aromatic nitrogens is 3. The van der Waals surface area contributed by atoms with Gasteiger partial charge in [-0.2, -0.15) is 10.2 Å². The third-order valence-corrected chi connectivity index (χ3v) is 4.85. The van der Waals surface area contributed by atoms with E-state index in [0.717, 1.165) is 16.7 Å². The summed E-state index contributed by atoms with van der Waals surface area (Å²) in [6.07, 6.45) is 4.21. The molecule has 0 saturated heterocycles. The van der Waals surface area contributed by atoms with Gasteiger partial charge in [0.2, 0.25) is 17.6 Å². The molecule has 2 aromatic heterocycles. The lowest BCUT2D eigenvalue weighted by Gasteiger charge is -2.12. The van der Waals surface area contributed by atoms with Crippen LogP contribution in [0.4, 0.5) is 5.69 Å². The fourth-order valence-corrected chi connectivity index (χ4v) is 3.13. The van der Waals surface area contributed by atoms with E-state index in [2.05, 4.69) is 26.5 Å². The van der Waals surface area contributed by atoms with Crippen molar-refractivity contribution in [3.8, 4) is 23.2 Å². The van der Waals surface area contributed by atoms with E-state index in [1.165, 1.54) is 0 Å². The Morgan fingerprint density at radius 1 is 1.09 bits per heavy atom. The molecule has 0 bridgehead atoms. The molecule has 4 aromatic rings. The van der Waals surface area contributed by atoms with Crippen molar-refractivity contribution in [2.24, 2.45) is 0 Å². The van der Waals surface area contributed by atoms with Crippen LogP contribution >= 0.6 is 0 Å². The fraction of sp³-hybridized carbons (Fsp3) is 0.160. The minimum absolute atomic E-state index is 0.163. The predicted octanol–water partition coefficient (Wildman–Crippen LogP) is 4.35. The van der Waals surface area contributed by atoms with Gasteiger partial charge < -0.3 is 14.6 Å². The molecule has 0 saturated carbocycles. The van der Waals surface area contributed by atoms with E-state index >= 15 is 0 Å². The van der Waals surface area contributed by atoms with Gasteiger partial charge in [-0.3, -0.25) is 9.78 Å². The maximum Gasteiger partial charge on any atom is 0.227 e. The quantitative estimate of drug-likeness (QED) is 0.412. The molecule has 0 radical (unpaired) electrons. The monoisotopic (exact) mass is 439 g/mol. The first-order valence-electron chi connectivity index (χ1n) is 10.4. The third kappa shape index (κ3) is 6.02. The lowest BCUT2D eigenvalue weighted by Crippen LogP contribution is -2.14. The number of amides is 1. The Morgan fingerprint density at radius 2 is 1.94 bits per heavy atom. The van der Waals surface area contributed by atoms with E-state index in [9.17, 15) is 4.79 Å². The Labute approximate surface area is 190 Å². The molecule has 8 nitrogen and oxygen atoms in total. The van der Waals surface area contributed by atoms with Gasteiger partial charge in [0.05, 0.1) is 12.5 Å². The highest BCUT2D eigenvalue weighted by Crippen LogP contribution is 2.20. The number of hydrogen-bond donors (Lipinski definition) is 1. The molecule has 0 aliphatic carbocycles. The van der Waals surface area contributed by atoms with Crippen molar-refractivity contribution in [3.05, 3.63) is 90.1 Å². The van der Waals surface area contributed by atoms with Crippen molar-refractivity contribution < 1.29 is 14.1 Å². The van der Waals surface area contributed by atoms with Crippen molar-refractivity contribution in [2.75, 3.05) is 5.32 Å². The van der Waals surface area contributed by atoms with Crippen LogP contribution in [0.25, 0.3) is 11.4 Å². The van der Waals surface area contributed by atoms with Gasteiger partial charge in [0.25, 0.3) is 0 Å². The number of benzene rings is 2. The molecule has 33 heavy (non-hydrogen) atoms. The molecular formula is C25H21N5O3. The van der Waals surface area contributed by atoms with Crippen LogP contribution in [0, 0.1) is 11.3 Å². The summed E-state index contributed by atoms with van der Waals surface area (Å²) in [5, 5.41) is 15.6. The minimum Gasteiger partial charge on any atom is -0.489 e. The number of para-hydroxylation sites is 1. The van der Waals surface area contributed by atoms with Gasteiger partial charge in [0.1, 0.15) is 12.4 Å². The van der Waals surface area contributed by atoms with E-state index in [1.807, 2.05) is 54.6 Å². The second-order valence-corrected chi connectivity index (χ2v) is 7.23. The average molecular weight is 439 g/mol. The van der Waals surface area contributed by atoms with Gasteiger partial charge in [-0.25, -0.2) is 0 Å². The number of rotatable bonds is 9. The Morgan fingerprint density at radius 3 is 2.73 bits per heavy atom. The summed E-state index contributed by atoms with van der Waals surface area (Å²) in [5.74, 6) is 1.37. The first kappa shape index (κ1) is 21.7. The second kappa shape index (κ2) is 10.7. The summed E-state index contributed by atoms with van der Waals surface area (Å²) >= 11 is 0. The lowest BCUT2D eigenvalue weighted by molar-refractivity contribution is -0.116. The van der Waals surface area contributed by atoms with Crippen molar-refractivity contribution >= 4 is 11.6 Å². The van der Waals surface area contributed by atoms with Crippen LogP contribution in [0.2, 0.25) is 0 Å². The Balaban J connectivity index is 1.31. The molecule has 0 unspecified atom stereocenters. The number of carbonyl (C=O) groups is 1. The zero-order chi connectivity index (χ0) is 22.9. The van der Waals surface area contributed by atoms with Gasteiger partial charge in [0, 0.05) is 42.0 Å². The fourth-order valence-electron chi connectivity index (χ4n) is 3.13. The van der Waals surface area contributed by atoms with Gasteiger partial charge in [0.15, 0.2) is 0 Å². The number of nitrogens with zero attached hydrogens (tertiary/aromatic N) is 4. The number of nitrogens with one attached hydrogen (secondary N) is 1. The lowest BCUT2D eigenvalue weighted by atomic mass is 10.1. The van der Waals surface area contributed by atoms with Crippen molar-refractivity contribution in [3.63, 3.8) is 0 Å². The first-order chi connectivity index (χ1) is 16.2. The van der Waals surface area contributed by atoms with E-state index in [-0.39, 0.29) is 12.3 Å². The SMILES string of the molecule is N#CCc1ccc(OCc2ccccc2NC(=O)CCc2nc(-c3cccnc3)no2)cc1. The van der Waals surface area contributed by atoms with E-state index in [1.54, 1.807) is 18.5 Å². The Kier molecular flexibility index (Phi) is 7.03. The van der Waals surface area contributed by atoms with Crippen LogP contribution in [-0.2, 0) is 24.2 Å². The first-order valence-corrected chi connectivity index (χ1v) is 10.4. The molecule has 1 amide bonds. The van der Waals surface area contributed by atoms with Crippen LogP contribution in [0.5, 0.6) is 5.75 Å². The summed E-state index contributed by atoms with van der Waals surface area (Å²) in [6, 6.07) is 20.6. The number of pyridine rings is 1. The number of nitriles is 1. The second-order valence-electron chi connectivity index (χ2n) is 7.23. The van der Waals surface area contributed by atoms with E-state index < -0.39 is 0 Å². The van der Waals surface area contributed by atoms with Crippen molar-refractivity contribution in [2.45, 2.75) is 25.9 Å². The largest absolute Gasteiger partial charge is 0.489 e. The maximum atomic E-state index is 12.5. The highest BCUT2D eigenvalue weighted by molar-refractivity contribution is 5.91. The highest BCUT2D eigenvalue weighted by Gasteiger charge is 2.12. The molecule has 2 heterocycles. The highest BCUT2D eigenvalue weighted by atomic mass is 16.5. The predicted molar refractivity (Wildman–Crippen MR) is 121 cm³/mol. The average Bonchev–Trinajstić information content (AvgIpc) is 3.33. The van der Waals surface area contributed by atoms with Gasteiger partial charge in [-0.05, 0) is 35.9 Å². The number of hydrogen-bond acceptors (Lipinski definition) is 7. The number of anilines is 1. The van der Waals surface area contributed by atoms with Gasteiger partial charge in [-0.15, -0.1) is 0 Å². The molecule has 8 heteroatoms. The molecule has 2 aromatic carbocycles. The molecule has 164 valence electrons. The molecule has 1 N–H and O–H groups in total. The Bertz CT molecular complexity index is 1250. The zero-order valence-electron chi connectivity index (χ0n) is 17.8. The number of aryl methyl sites for hydroxylation is 1. The zero-order valence-corrected chi connectivity index (χ0v) is 17.8. The minimum atomic E-state index is -0.163. The van der Waals surface area contributed by atoms with Crippen LogP contribution in [0.1, 0.15) is 23.4 Å². The topological polar surface area (TPSA) is 114 Å². The standard InChI is InChI=1S/C25H21N5O3/c26-14-13-18-7-9-21(10-8-18)32-17-20-4-1-2-6-22(20)28-23(31)11-12-24-29-25(30-33-24)19-5-3-15-27-16-19/h1-10,15-16H,11-13,17H2,(H,28,31). The van der Waals surface area contributed by atoms with Gasteiger partial charge >= 0.3 is 0 Å². The van der Waals surface area contributed by atoms with E-state index in [4.69, 9.17) is 14.5 Å². The summed E-state index contributed by atoms with van der Waals surface area (Å²) < 4.78 is 11.1. The maximum absolute atomic E-state index is 12.5. The van der Waals surface area contributed by atoms with Crippen LogP contribution in [-0.4, -0.2) is 21.0 Å². The smallest absolute Gasteiger partial charge is 0.227 e.